The summed E-state index contributed by atoms with van der Waals surface area (Å²) in [5, 5.41) is 3.54. The van der Waals surface area contributed by atoms with E-state index in [1.165, 1.54) is 26.4 Å². The zero-order valence-electron chi connectivity index (χ0n) is 10.3. The fraction of sp³-hybridized carbons (Fsp3) is 0.917. The Kier molecular flexibility index (Phi) is 3.38. The maximum absolute atomic E-state index is 11.4. The second-order valence-corrected chi connectivity index (χ2v) is 5.20. The maximum Gasteiger partial charge on any atom is 0.409 e. The summed E-state index contributed by atoms with van der Waals surface area (Å²) < 4.78 is 4.76. The van der Waals surface area contributed by atoms with Gasteiger partial charge in [-0.2, -0.15) is 0 Å². The Balaban J connectivity index is 1.76. The van der Waals surface area contributed by atoms with Gasteiger partial charge in [0.1, 0.15) is 0 Å². The molecule has 0 bridgehead atoms. The zero-order chi connectivity index (χ0) is 11.6. The first kappa shape index (κ1) is 11.7. The van der Waals surface area contributed by atoms with Crippen molar-refractivity contribution in [2.24, 2.45) is 5.41 Å². The van der Waals surface area contributed by atoms with Crippen molar-refractivity contribution in [3.05, 3.63) is 0 Å². The molecule has 1 N–H and O–H groups in total. The van der Waals surface area contributed by atoms with Crippen molar-refractivity contribution in [1.82, 2.24) is 10.2 Å². The smallest absolute Gasteiger partial charge is 0.409 e. The van der Waals surface area contributed by atoms with Gasteiger partial charge in [-0.3, -0.25) is 0 Å². The van der Waals surface area contributed by atoms with Gasteiger partial charge in [0.25, 0.3) is 0 Å². The molecule has 16 heavy (non-hydrogen) atoms. The molecule has 2 rings (SSSR count). The van der Waals surface area contributed by atoms with Crippen LogP contribution in [0.2, 0.25) is 0 Å². The van der Waals surface area contributed by atoms with Gasteiger partial charge >= 0.3 is 6.09 Å². The Hall–Kier alpha value is -0.770. The molecule has 4 heteroatoms. The van der Waals surface area contributed by atoms with Crippen LogP contribution in [-0.4, -0.2) is 43.8 Å². The number of nitrogens with zero attached hydrogens (tertiary/aromatic N) is 1. The number of hydrogen-bond donors (Lipinski definition) is 1. The average molecular weight is 226 g/mol. The van der Waals surface area contributed by atoms with E-state index in [0.29, 0.717) is 11.5 Å². The molecule has 1 saturated heterocycles. The monoisotopic (exact) mass is 226 g/mol. The quantitative estimate of drug-likeness (QED) is 0.795. The first-order valence-electron chi connectivity index (χ1n) is 6.25. The van der Waals surface area contributed by atoms with Gasteiger partial charge < -0.3 is 15.0 Å². The molecule has 0 unspecified atom stereocenters. The van der Waals surface area contributed by atoms with Crippen molar-refractivity contribution in [1.29, 1.82) is 0 Å². The SMILES string of the molecule is CCCNC1CC2(CCN(C(=O)OC)C2)C1. The van der Waals surface area contributed by atoms with E-state index < -0.39 is 0 Å². The second-order valence-electron chi connectivity index (χ2n) is 5.20. The summed E-state index contributed by atoms with van der Waals surface area (Å²) in [5.74, 6) is 0. The Morgan fingerprint density at radius 3 is 2.94 bits per heavy atom. The third-order valence-corrected chi connectivity index (χ3v) is 3.91. The molecule has 1 aliphatic heterocycles. The standard InChI is InChI=1S/C12H22N2O2/c1-3-5-13-10-7-12(8-10)4-6-14(9-12)11(15)16-2/h10,13H,3-9H2,1-2H3. The maximum atomic E-state index is 11.4. The van der Waals surface area contributed by atoms with Gasteiger partial charge in [-0.1, -0.05) is 6.92 Å². The summed E-state index contributed by atoms with van der Waals surface area (Å²) in [4.78, 5) is 13.2. The molecule has 1 aliphatic carbocycles. The predicted molar refractivity (Wildman–Crippen MR) is 62.3 cm³/mol. The number of nitrogens with one attached hydrogen (secondary N) is 1. The third kappa shape index (κ3) is 2.17. The first-order chi connectivity index (χ1) is 7.69. The van der Waals surface area contributed by atoms with Gasteiger partial charge in [0.2, 0.25) is 0 Å². The van der Waals surface area contributed by atoms with E-state index in [9.17, 15) is 4.79 Å². The minimum absolute atomic E-state index is 0.165. The Morgan fingerprint density at radius 2 is 2.31 bits per heavy atom. The van der Waals surface area contributed by atoms with Gasteiger partial charge in [-0.15, -0.1) is 0 Å². The van der Waals surface area contributed by atoms with Crippen LogP contribution in [0.3, 0.4) is 0 Å². The summed E-state index contributed by atoms with van der Waals surface area (Å²) in [7, 11) is 1.46. The van der Waals surface area contributed by atoms with E-state index in [2.05, 4.69) is 12.2 Å². The summed E-state index contributed by atoms with van der Waals surface area (Å²) >= 11 is 0. The van der Waals surface area contributed by atoms with Crippen molar-refractivity contribution >= 4 is 6.09 Å². The highest BCUT2D eigenvalue weighted by Gasteiger charge is 2.49. The third-order valence-electron chi connectivity index (χ3n) is 3.91. The van der Waals surface area contributed by atoms with Crippen LogP contribution in [0.4, 0.5) is 4.79 Å². The lowest BCUT2D eigenvalue weighted by atomic mass is 9.65. The Bertz CT molecular complexity index is 262. The normalized spacial score (nSPS) is 32.9. The molecule has 0 radical (unpaired) electrons. The second kappa shape index (κ2) is 4.62. The molecule has 2 aliphatic rings. The van der Waals surface area contributed by atoms with Crippen LogP contribution in [-0.2, 0) is 4.74 Å². The average Bonchev–Trinajstić information content (AvgIpc) is 2.68. The number of amides is 1. The number of hydrogen-bond acceptors (Lipinski definition) is 3. The van der Waals surface area contributed by atoms with Gasteiger partial charge in [0.05, 0.1) is 7.11 Å². The number of carbonyl (C=O) groups excluding carboxylic acids is 1. The number of carbonyl (C=O) groups is 1. The lowest BCUT2D eigenvalue weighted by Crippen LogP contribution is -2.50. The Morgan fingerprint density at radius 1 is 1.56 bits per heavy atom. The number of ether oxygens (including phenoxy) is 1. The molecule has 1 heterocycles. The van der Waals surface area contributed by atoms with Gasteiger partial charge in [-0.25, -0.2) is 4.79 Å². The van der Waals surface area contributed by atoms with Crippen LogP contribution in [0, 0.1) is 5.41 Å². The highest BCUT2D eigenvalue weighted by Crippen LogP contribution is 2.48. The molecule has 0 aromatic heterocycles. The minimum Gasteiger partial charge on any atom is -0.453 e. The van der Waals surface area contributed by atoms with E-state index in [1.807, 2.05) is 4.90 Å². The van der Waals surface area contributed by atoms with Crippen LogP contribution in [0.15, 0.2) is 0 Å². The van der Waals surface area contributed by atoms with Crippen LogP contribution >= 0.6 is 0 Å². The molecule has 0 aromatic rings. The van der Waals surface area contributed by atoms with Crippen LogP contribution < -0.4 is 5.32 Å². The van der Waals surface area contributed by atoms with Crippen molar-refractivity contribution in [2.45, 2.75) is 38.6 Å². The zero-order valence-corrected chi connectivity index (χ0v) is 10.3. The van der Waals surface area contributed by atoms with E-state index in [-0.39, 0.29) is 6.09 Å². The minimum atomic E-state index is -0.165. The predicted octanol–water partition coefficient (Wildman–Crippen LogP) is 1.61. The number of likely N-dealkylation sites (tertiary alicyclic amines) is 1. The van der Waals surface area contributed by atoms with Gasteiger partial charge in [-0.05, 0) is 37.6 Å². The number of rotatable bonds is 3. The van der Waals surface area contributed by atoms with Crippen LogP contribution in [0.1, 0.15) is 32.6 Å². The molecular weight excluding hydrogens is 204 g/mol. The molecule has 0 aromatic carbocycles. The first-order valence-corrected chi connectivity index (χ1v) is 6.25. The molecule has 1 amide bonds. The van der Waals surface area contributed by atoms with Crippen molar-refractivity contribution < 1.29 is 9.53 Å². The highest BCUT2D eigenvalue weighted by molar-refractivity contribution is 5.67. The van der Waals surface area contributed by atoms with Gasteiger partial charge in [0, 0.05) is 19.1 Å². The summed E-state index contributed by atoms with van der Waals surface area (Å²) in [6.07, 6.45) is 4.62. The summed E-state index contributed by atoms with van der Waals surface area (Å²) in [6, 6.07) is 0.678. The highest BCUT2D eigenvalue weighted by atomic mass is 16.5. The van der Waals surface area contributed by atoms with E-state index in [1.54, 1.807) is 0 Å². The number of methoxy groups -OCH3 is 1. The lowest BCUT2D eigenvalue weighted by molar-refractivity contribution is 0.0818. The lowest BCUT2D eigenvalue weighted by Gasteiger charge is -2.45. The van der Waals surface area contributed by atoms with Gasteiger partial charge in [0.15, 0.2) is 0 Å². The molecule has 1 spiro atoms. The fourth-order valence-electron chi connectivity index (χ4n) is 3.03. The van der Waals surface area contributed by atoms with Crippen LogP contribution in [0.5, 0.6) is 0 Å². The fourth-order valence-corrected chi connectivity index (χ4v) is 3.03. The van der Waals surface area contributed by atoms with E-state index >= 15 is 0 Å². The summed E-state index contributed by atoms with van der Waals surface area (Å²) in [5.41, 5.74) is 0.402. The molecule has 2 fully saturated rings. The summed E-state index contributed by atoms with van der Waals surface area (Å²) in [6.45, 7) is 5.06. The topological polar surface area (TPSA) is 41.6 Å². The van der Waals surface area contributed by atoms with Crippen molar-refractivity contribution in [2.75, 3.05) is 26.7 Å². The largest absolute Gasteiger partial charge is 0.453 e. The van der Waals surface area contributed by atoms with E-state index in [4.69, 9.17) is 4.74 Å². The molecular formula is C12H22N2O2. The molecule has 4 nitrogen and oxygen atoms in total. The molecule has 0 atom stereocenters. The van der Waals surface area contributed by atoms with Crippen LogP contribution in [0.25, 0.3) is 0 Å². The molecule has 1 saturated carbocycles. The van der Waals surface area contributed by atoms with Crippen molar-refractivity contribution in [3.63, 3.8) is 0 Å². The molecule has 92 valence electrons. The Labute approximate surface area is 97.3 Å². The van der Waals surface area contributed by atoms with Crippen molar-refractivity contribution in [3.8, 4) is 0 Å². The van der Waals surface area contributed by atoms with E-state index in [0.717, 1.165) is 26.1 Å².